The molecule has 0 aliphatic carbocycles. The van der Waals surface area contributed by atoms with E-state index in [0.717, 1.165) is 11.6 Å². The van der Waals surface area contributed by atoms with Gasteiger partial charge in [0.05, 0.1) is 11.2 Å². The normalized spacial score (nSPS) is 11.8. The van der Waals surface area contributed by atoms with E-state index in [1.165, 1.54) is 0 Å². The number of aromatic nitrogens is 3. The molecule has 2 aromatic heterocycles. The summed E-state index contributed by atoms with van der Waals surface area (Å²) in [4.78, 5) is 12.2. The summed E-state index contributed by atoms with van der Waals surface area (Å²) in [5.41, 5.74) is 2.73. The van der Waals surface area contributed by atoms with Gasteiger partial charge < -0.3 is 9.72 Å². The zero-order valence-electron chi connectivity index (χ0n) is 16.4. The molecule has 1 aromatic carbocycles. The Balaban J connectivity index is 1.94. The number of fused-ring (bicyclic) bond motifs is 1. The summed E-state index contributed by atoms with van der Waals surface area (Å²) in [7, 11) is -1.16. The fraction of sp³-hybridized carbons (Fsp3) is 0.350. The molecule has 0 aliphatic heterocycles. The van der Waals surface area contributed by atoms with Crippen LogP contribution in [0.25, 0.3) is 11.0 Å². The number of nitrogens with zero attached hydrogens (tertiary/aromatic N) is 3. The van der Waals surface area contributed by atoms with Gasteiger partial charge in [-0.25, -0.2) is 9.97 Å². The van der Waals surface area contributed by atoms with Crippen molar-refractivity contribution in [2.24, 2.45) is 0 Å². The number of ether oxygens (including phenoxy) is 1. The second-order valence-corrected chi connectivity index (χ2v) is 14.8. The maximum atomic E-state index is 9.50. The molecule has 0 radical (unpaired) electrons. The van der Waals surface area contributed by atoms with Gasteiger partial charge in [0, 0.05) is 31.1 Å². The zero-order valence-corrected chi connectivity index (χ0v) is 19.7. The Morgan fingerprint density at radius 1 is 1.14 bits per heavy atom. The Morgan fingerprint density at radius 2 is 1.83 bits per heavy atom. The molecule has 3 aromatic rings. The van der Waals surface area contributed by atoms with Crippen LogP contribution >= 0.6 is 34.8 Å². The molecule has 0 unspecified atom stereocenters. The van der Waals surface area contributed by atoms with E-state index in [9.17, 15) is 5.26 Å². The van der Waals surface area contributed by atoms with Gasteiger partial charge in [0.25, 0.3) is 0 Å². The van der Waals surface area contributed by atoms with Gasteiger partial charge in [0.15, 0.2) is 0 Å². The fourth-order valence-electron chi connectivity index (χ4n) is 2.85. The number of pyridine rings is 1. The third-order valence-corrected chi connectivity index (χ3v) is 7.16. The second-order valence-electron chi connectivity index (χ2n) is 7.98. The van der Waals surface area contributed by atoms with Gasteiger partial charge in [-0.05, 0) is 23.7 Å². The highest BCUT2D eigenvalue weighted by atomic mass is 35.5. The molecule has 0 amide bonds. The van der Waals surface area contributed by atoms with Gasteiger partial charge in [-0.3, -0.25) is 0 Å². The second kappa shape index (κ2) is 9.03. The first-order chi connectivity index (χ1) is 13.7. The molecule has 2 heterocycles. The first-order valence-electron chi connectivity index (χ1n) is 9.17. The lowest BCUT2D eigenvalue weighted by atomic mass is 10.1. The Bertz CT molecular complexity index is 1070. The average molecular weight is 468 g/mol. The minimum Gasteiger partial charge on any atom is -0.374 e. The molecule has 5 nitrogen and oxygen atoms in total. The predicted molar refractivity (Wildman–Crippen MR) is 121 cm³/mol. The highest BCUT2D eigenvalue weighted by Crippen LogP contribution is 2.31. The third kappa shape index (κ3) is 5.30. The van der Waals surface area contributed by atoms with E-state index in [2.05, 4.69) is 40.7 Å². The van der Waals surface area contributed by atoms with Crippen molar-refractivity contribution in [1.82, 2.24) is 15.0 Å². The number of rotatable bonds is 7. The van der Waals surface area contributed by atoms with Crippen LogP contribution in [0.4, 0.5) is 0 Å². The lowest BCUT2D eigenvalue weighted by Gasteiger charge is -2.14. The van der Waals surface area contributed by atoms with Crippen LogP contribution in [0, 0.1) is 11.3 Å². The summed E-state index contributed by atoms with van der Waals surface area (Å²) in [5.74, 6) is 0.627. The summed E-state index contributed by atoms with van der Waals surface area (Å²) < 4.78 is 5.79. The third-order valence-electron chi connectivity index (χ3n) is 4.47. The molecule has 1 N–H and O–H groups in total. The van der Waals surface area contributed by atoms with Crippen molar-refractivity contribution in [2.45, 2.75) is 38.7 Å². The van der Waals surface area contributed by atoms with Gasteiger partial charge >= 0.3 is 0 Å². The summed E-state index contributed by atoms with van der Waals surface area (Å²) in [6.07, 6.45) is 0.360. The van der Waals surface area contributed by atoms with E-state index in [1.54, 1.807) is 18.2 Å². The number of nitriles is 1. The van der Waals surface area contributed by atoms with Crippen LogP contribution in [0.3, 0.4) is 0 Å². The minimum atomic E-state index is -1.16. The summed E-state index contributed by atoms with van der Waals surface area (Å²) in [6.45, 7) is 7.91. The van der Waals surface area contributed by atoms with Crippen LogP contribution in [-0.4, -0.2) is 29.6 Å². The summed E-state index contributed by atoms with van der Waals surface area (Å²) in [5, 5.41) is 10.7. The van der Waals surface area contributed by atoms with Crippen LogP contribution in [0.2, 0.25) is 40.9 Å². The molecule has 0 aliphatic rings. The van der Waals surface area contributed by atoms with E-state index < -0.39 is 8.07 Å². The molecule has 9 heteroatoms. The molecule has 0 atom stereocenters. The SMILES string of the molecule is C[Si](C)(C)CCOCc1nc2c(C#N)c(Cl)nc(Cc3c(Cl)cccc3Cl)c2[nH]1. The summed E-state index contributed by atoms with van der Waals surface area (Å²) >= 11 is 18.9. The Morgan fingerprint density at radius 3 is 2.45 bits per heavy atom. The Hall–Kier alpha value is -1.62. The minimum absolute atomic E-state index is 0.107. The number of halogens is 3. The number of H-pyrrole nitrogens is 1. The van der Waals surface area contributed by atoms with Crippen molar-refractivity contribution < 1.29 is 4.74 Å². The monoisotopic (exact) mass is 466 g/mol. The maximum absolute atomic E-state index is 9.50. The van der Waals surface area contributed by atoms with Crippen LogP contribution in [0.5, 0.6) is 0 Å². The fourth-order valence-corrected chi connectivity index (χ4v) is 4.37. The topological polar surface area (TPSA) is 74.6 Å². The molecule has 152 valence electrons. The molecule has 0 saturated carbocycles. The average Bonchev–Trinajstić information content (AvgIpc) is 3.05. The maximum Gasteiger partial charge on any atom is 0.149 e. The number of nitrogens with one attached hydrogen (secondary N) is 1. The van der Waals surface area contributed by atoms with E-state index >= 15 is 0 Å². The van der Waals surface area contributed by atoms with Crippen molar-refractivity contribution in [3.63, 3.8) is 0 Å². The zero-order chi connectivity index (χ0) is 21.2. The van der Waals surface area contributed by atoms with Crippen molar-refractivity contribution >= 4 is 53.9 Å². The van der Waals surface area contributed by atoms with Crippen LogP contribution in [-0.2, 0) is 17.8 Å². The first kappa shape index (κ1) is 22.1. The quantitative estimate of drug-likeness (QED) is 0.254. The smallest absolute Gasteiger partial charge is 0.149 e. The van der Waals surface area contributed by atoms with Crippen molar-refractivity contribution in [2.75, 3.05) is 6.61 Å². The van der Waals surface area contributed by atoms with E-state index in [0.29, 0.717) is 52.2 Å². The molecule has 0 fully saturated rings. The van der Waals surface area contributed by atoms with Gasteiger partial charge in [-0.1, -0.05) is 60.5 Å². The molecule has 0 spiro atoms. The first-order valence-corrected chi connectivity index (χ1v) is 14.0. The molecule has 0 bridgehead atoms. The highest BCUT2D eigenvalue weighted by Gasteiger charge is 2.19. The van der Waals surface area contributed by atoms with E-state index in [1.807, 2.05) is 0 Å². The molecule has 29 heavy (non-hydrogen) atoms. The molecule has 0 saturated heterocycles. The van der Waals surface area contributed by atoms with Crippen LogP contribution in [0.15, 0.2) is 18.2 Å². The van der Waals surface area contributed by atoms with Crippen molar-refractivity contribution in [1.29, 1.82) is 5.26 Å². The van der Waals surface area contributed by atoms with E-state index in [-0.39, 0.29) is 10.7 Å². The Labute approximate surface area is 186 Å². The van der Waals surface area contributed by atoms with Gasteiger partial charge in [-0.15, -0.1) is 0 Å². The van der Waals surface area contributed by atoms with Crippen molar-refractivity contribution in [3.05, 3.63) is 56.0 Å². The number of imidazole rings is 1. The number of benzene rings is 1. The largest absolute Gasteiger partial charge is 0.374 e. The van der Waals surface area contributed by atoms with Crippen LogP contribution in [0.1, 0.15) is 22.6 Å². The molecular formula is C20H21Cl3N4OSi. The van der Waals surface area contributed by atoms with Gasteiger partial charge in [-0.2, -0.15) is 5.26 Å². The number of aromatic amines is 1. The highest BCUT2D eigenvalue weighted by molar-refractivity contribution is 6.76. The lowest BCUT2D eigenvalue weighted by Crippen LogP contribution is -2.21. The van der Waals surface area contributed by atoms with Gasteiger partial charge in [0.2, 0.25) is 0 Å². The van der Waals surface area contributed by atoms with E-state index in [4.69, 9.17) is 39.5 Å². The van der Waals surface area contributed by atoms with Crippen LogP contribution < -0.4 is 0 Å². The standard InChI is InChI=1S/C20H21Cl3N4OSi/c1-29(2,3)8-7-28-11-17-26-18-13(10-24)20(23)25-16(19(18)27-17)9-12-14(21)5-4-6-15(12)22/h4-6H,7-9,11H2,1-3H3,(H,26,27). The predicted octanol–water partition coefficient (Wildman–Crippen LogP) is 6.24. The molecular weight excluding hydrogens is 447 g/mol. The number of hydrogen-bond acceptors (Lipinski definition) is 4. The molecule has 3 rings (SSSR count). The summed E-state index contributed by atoms with van der Waals surface area (Å²) in [6, 6.07) is 8.49. The lowest BCUT2D eigenvalue weighted by molar-refractivity contribution is 0.128. The number of hydrogen-bond donors (Lipinski definition) is 1. The van der Waals surface area contributed by atoms with Gasteiger partial charge in [0.1, 0.15) is 34.7 Å². The Kier molecular flexibility index (Phi) is 6.87. The van der Waals surface area contributed by atoms with Crippen molar-refractivity contribution in [3.8, 4) is 6.07 Å².